The van der Waals surface area contributed by atoms with Crippen LogP contribution in [0.25, 0.3) is 43.6 Å². The number of benzene rings is 4. The van der Waals surface area contributed by atoms with Gasteiger partial charge in [-0.2, -0.15) is 0 Å². The summed E-state index contributed by atoms with van der Waals surface area (Å²) in [6, 6.07) is 33.1. The fourth-order valence-corrected chi connectivity index (χ4v) is 5.14. The second-order valence-electron chi connectivity index (χ2n) is 9.66. The molecule has 6 heteroatoms. The van der Waals surface area contributed by atoms with Crippen LogP contribution in [0.2, 0.25) is 0 Å². The van der Waals surface area contributed by atoms with Crippen molar-refractivity contribution >= 4 is 55.6 Å². The van der Waals surface area contributed by atoms with E-state index in [1.165, 1.54) is 27.6 Å². The van der Waals surface area contributed by atoms with E-state index in [1.54, 1.807) is 6.92 Å². The lowest BCUT2D eigenvalue weighted by molar-refractivity contribution is -0.139. The highest BCUT2D eigenvalue weighted by Crippen LogP contribution is 2.29. The SMILES string of the molecule is C=C(C)C(=O)OCCn1c2ccccc2c2ccccc21.C=CC(=O)OCCn1c2ccccc2c2ccccc21. The largest absolute Gasteiger partial charge is 0.461 e. The molecule has 0 fully saturated rings. The Labute approximate surface area is 238 Å². The van der Waals surface area contributed by atoms with Gasteiger partial charge in [-0.25, -0.2) is 9.59 Å². The van der Waals surface area contributed by atoms with Crippen molar-refractivity contribution in [1.29, 1.82) is 0 Å². The van der Waals surface area contributed by atoms with E-state index in [4.69, 9.17) is 9.47 Å². The fourth-order valence-electron chi connectivity index (χ4n) is 5.14. The minimum Gasteiger partial charge on any atom is -0.461 e. The van der Waals surface area contributed by atoms with Gasteiger partial charge >= 0.3 is 11.9 Å². The maximum Gasteiger partial charge on any atom is 0.333 e. The molecule has 0 unspecified atom stereocenters. The van der Waals surface area contributed by atoms with Gasteiger partial charge in [0, 0.05) is 55.3 Å². The minimum atomic E-state index is -0.384. The molecule has 0 atom stereocenters. The molecule has 6 aromatic rings. The van der Waals surface area contributed by atoms with Gasteiger partial charge < -0.3 is 18.6 Å². The maximum atomic E-state index is 11.5. The number of esters is 2. The third-order valence-corrected chi connectivity index (χ3v) is 6.98. The molecule has 6 rings (SSSR count). The minimum absolute atomic E-state index is 0.337. The van der Waals surface area contributed by atoms with Gasteiger partial charge in [0.2, 0.25) is 0 Å². The molecular weight excluding hydrogens is 512 g/mol. The van der Waals surface area contributed by atoms with Gasteiger partial charge in [0.05, 0.1) is 13.1 Å². The molecule has 0 amide bonds. The molecule has 6 nitrogen and oxygen atoms in total. The Morgan fingerprint density at radius 3 is 1.32 bits per heavy atom. The van der Waals surface area contributed by atoms with Gasteiger partial charge in [-0.05, 0) is 31.2 Å². The Morgan fingerprint density at radius 2 is 0.976 bits per heavy atom. The average Bonchev–Trinajstić information content (AvgIpc) is 3.50. The standard InChI is InChI=1S/C18H17NO2.C17H15NO2/c1-13(2)18(20)21-12-11-19-16-9-5-3-7-14(16)15-8-4-6-10-17(15)19;1-2-17(19)20-12-11-18-15-9-5-3-7-13(15)14-8-4-6-10-16(14)18/h3-10H,1,11-12H2,2H3;2-10H,1,11-12H2. The fraction of sp³-hybridized carbons (Fsp3) is 0.143. The van der Waals surface area contributed by atoms with Crippen molar-refractivity contribution in [2.75, 3.05) is 13.2 Å². The van der Waals surface area contributed by atoms with Crippen LogP contribution in [0, 0.1) is 0 Å². The van der Waals surface area contributed by atoms with Crippen molar-refractivity contribution < 1.29 is 19.1 Å². The third kappa shape index (κ3) is 5.77. The zero-order valence-electron chi connectivity index (χ0n) is 23.1. The van der Waals surface area contributed by atoms with Crippen molar-refractivity contribution in [3.63, 3.8) is 0 Å². The first-order valence-electron chi connectivity index (χ1n) is 13.5. The van der Waals surface area contributed by atoms with Gasteiger partial charge in [-0.3, -0.25) is 0 Å². The lowest BCUT2D eigenvalue weighted by Gasteiger charge is -2.08. The summed E-state index contributed by atoms with van der Waals surface area (Å²) in [5.41, 5.74) is 5.05. The van der Waals surface area contributed by atoms with E-state index in [2.05, 4.69) is 70.8 Å². The zero-order valence-corrected chi connectivity index (χ0v) is 23.1. The zero-order chi connectivity index (χ0) is 28.8. The van der Waals surface area contributed by atoms with Crippen LogP contribution in [0.1, 0.15) is 6.92 Å². The van der Waals surface area contributed by atoms with E-state index in [1.807, 2.05) is 48.5 Å². The number of nitrogens with zero attached hydrogens (tertiary/aromatic N) is 2. The lowest BCUT2D eigenvalue weighted by Crippen LogP contribution is -2.11. The molecule has 4 aromatic carbocycles. The van der Waals surface area contributed by atoms with Crippen LogP contribution in [-0.2, 0) is 32.2 Å². The predicted octanol–water partition coefficient (Wildman–Crippen LogP) is 7.44. The molecule has 206 valence electrons. The van der Waals surface area contributed by atoms with Gasteiger partial charge in [0.25, 0.3) is 0 Å². The molecule has 0 saturated heterocycles. The summed E-state index contributed by atoms with van der Waals surface area (Å²) in [6.07, 6.45) is 1.19. The van der Waals surface area contributed by atoms with Crippen LogP contribution in [0.3, 0.4) is 0 Å². The van der Waals surface area contributed by atoms with E-state index in [-0.39, 0.29) is 11.9 Å². The number of hydrogen-bond donors (Lipinski definition) is 0. The van der Waals surface area contributed by atoms with E-state index in [0.29, 0.717) is 31.9 Å². The first kappa shape index (κ1) is 27.5. The van der Waals surface area contributed by atoms with Gasteiger partial charge in [-0.15, -0.1) is 0 Å². The lowest BCUT2D eigenvalue weighted by atomic mass is 10.2. The summed E-state index contributed by atoms with van der Waals surface area (Å²) in [7, 11) is 0. The number of fused-ring (bicyclic) bond motifs is 6. The Bertz CT molecular complexity index is 1790. The molecule has 0 bridgehead atoms. The second kappa shape index (κ2) is 12.4. The highest BCUT2D eigenvalue weighted by molar-refractivity contribution is 6.08. The molecule has 0 aliphatic carbocycles. The van der Waals surface area contributed by atoms with Crippen molar-refractivity contribution in [3.8, 4) is 0 Å². The maximum absolute atomic E-state index is 11.5. The van der Waals surface area contributed by atoms with Gasteiger partial charge in [0.15, 0.2) is 0 Å². The Morgan fingerprint density at radius 1 is 0.634 bits per heavy atom. The molecule has 2 heterocycles. The summed E-state index contributed by atoms with van der Waals surface area (Å²) in [4.78, 5) is 22.6. The monoisotopic (exact) mass is 544 g/mol. The summed E-state index contributed by atoms with van der Waals surface area (Å²) < 4.78 is 14.7. The smallest absolute Gasteiger partial charge is 0.333 e. The number of carbonyl (C=O) groups excluding carboxylic acids is 2. The molecule has 0 radical (unpaired) electrons. The molecule has 2 aromatic heterocycles. The van der Waals surface area contributed by atoms with Crippen LogP contribution in [0.15, 0.2) is 122 Å². The third-order valence-electron chi connectivity index (χ3n) is 6.98. The second-order valence-corrected chi connectivity index (χ2v) is 9.66. The normalized spacial score (nSPS) is 10.9. The molecule has 0 aliphatic rings. The average molecular weight is 545 g/mol. The van der Waals surface area contributed by atoms with Crippen LogP contribution in [0.4, 0.5) is 0 Å². The van der Waals surface area contributed by atoms with Crippen molar-refractivity contribution in [3.05, 3.63) is 122 Å². The first-order valence-corrected chi connectivity index (χ1v) is 13.5. The van der Waals surface area contributed by atoms with E-state index in [0.717, 1.165) is 22.1 Å². The number of carbonyl (C=O) groups is 2. The van der Waals surface area contributed by atoms with Crippen molar-refractivity contribution in [2.24, 2.45) is 0 Å². The molecule has 0 spiro atoms. The Balaban J connectivity index is 0.000000165. The Hall–Kier alpha value is -5.10. The number of ether oxygens (including phenoxy) is 2. The van der Waals surface area contributed by atoms with Crippen molar-refractivity contribution in [2.45, 2.75) is 20.0 Å². The van der Waals surface area contributed by atoms with E-state index in [9.17, 15) is 9.59 Å². The quantitative estimate of drug-likeness (QED) is 0.148. The molecule has 0 aliphatic heterocycles. The van der Waals surface area contributed by atoms with E-state index >= 15 is 0 Å². The van der Waals surface area contributed by atoms with Gasteiger partial charge in [0.1, 0.15) is 13.2 Å². The number of aromatic nitrogens is 2. The van der Waals surface area contributed by atoms with Crippen LogP contribution in [0.5, 0.6) is 0 Å². The number of hydrogen-bond acceptors (Lipinski definition) is 4. The Kier molecular flexibility index (Phi) is 8.30. The van der Waals surface area contributed by atoms with Crippen molar-refractivity contribution in [1.82, 2.24) is 9.13 Å². The highest BCUT2D eigenvalue weighted by Gasteiger charge is 2.11. The highest BCUT2D eigenvalue weighted by atomic mass is 16.5. The number of para-hydroxylation sites is 4. The van der Waals surface area contributed by atoms with Crippen LogP contribution < -0.4 is 0 Å². The van der Waals surface area contributed by atoms with E-state index < -0.39 is 0 Å². The topological polar surface area (TPSA) is 62.5 Å². The van der Waals surface area contributed by atoms with Gasteiger partial charge in [-0.1, -0.05) is 86.0 Å². The summed E-state index contributed by atoms with van der Waals surface area (Å²) in [5.74, 6) is -0.721. The summed E-state index contributed by atoms with van der Waals surface area (Å²) >= 11 is 0. The molecule has 0 N–H and O–H groups in total. The first-order chi connectivity index (χ1) is 20.0. The molecule has 0 saturated carbocycles. The van der Waals surface area contributed by atoms with Crippen LogP contribution in [-0.4, -0.2) is 34.3 Å². The van der Waals surface area contributed by atoms with Crippen LogP contribution >= 0.6 is 0 Å². The molecule has 41 heavy (non-hydrogen) atoms. The summed E-state index contributed by atoms with van der Waals surface area (Å²) in [5, 5.41) is 4.88. The molecular formula is C35H32N2O4. The number of rotatable bonds is 8. The summed E-state index contributed by atoms with van der Waals surface area (Å²) in [6.45, 7) is 10.6. The predicted molar refractivity (Wildman–Crippen MR) is 166 cm³/mol.